The van der Waals surface area contributed by atoms with Crippen LogP contribution in [-0.4, -0.2) is 28.8 Å². The number of aryl methyl sites for hydroxylation is 2. The Kier molecular flexibility index (Phi) is 5.16. The monoisotopic (exact) mass is 340 g/mol. The first kappa shape index (κ1) is 17.2. The Morgan fingerprint density at radius 1 is 1.20 bits per heavy atom. The van der Waals surface area contributed by atoms with E-state index in [-0.39, 0.29) is 17.2 Å². The van der Waals surface area contributed by atoms with Crippen molar-refractivity contribution in [1.29, 1.82) is 0 Å². The zero-order valence-electron chi connectivity index (χ0n) is 14.8. The van der Waals surface area contributed by atoms with Gasteiger partial charge in [-0.05, 0) is 56.0 Å². The van der Waals surface area contributed by atoms with Crippen molar-refractivity contribution in [3.05, 3.63) is 51.9 Å². The van der Waals surface area contributed by atoms with Crippen molar-refractivity contribution in [1.82, 2.24) is 9.78 Å². The number of amides is 1. The van der Waals surface area contributed by atoms with E-state index in [9.17, 15) is 9.59 Å². The van der Waals surface area contributed by atoms with Crippen molar-refractivity contribution in [2.24, 2.45) is 0 Å². The van der Waals surface area contributed by atoms with Crippen LogP contribution in [0, 0.1) is 6.92 Å². The molecule has 1 aromatic heterocycles. The quantitative estimate of drug-likeness (QED) is 0.909. The highest BCUT2D eigenvalue weighted by Gasteiger charge is 2.15. The molecule has 0 radical (unpaired) electrons. The Hall–Kier alpha value is -2.63. The van der Waals surface area contributed by atoms with Crippen molar-refractivity contribution in [2.45, 2.75) is 39.7 Å². The first-order chi connectivity index (χ1) is 12.1. The van der Waals surface area contributed by atoms with E-state index in [1.54, 1.807) is 0 Å². The Balaban J connectivity index is 1.76. The summed E-state index contributed by atoms with van der Waals surface area (Å²) in [6.45, 7) is 6.64. The van der Waals surface area contributed by atoms with Gasteiger partial charge in [-0.2, -0.15) is 5.10 Å². The molecular weight excluding hydrogens is 316 g/mol. The topological polar surface area (TPSA) is 67.2 Å². The number of aromatic nitrogens is 2. The standard InChI is InChI=1S/C19H24N4O2/c1-3-10-23-18(24)9-8-17(21-23)19(25)20-16-7-6-15(13-14(16)2)22-11-4-5-12-22/h6-9,13H,3-5,10-12H2,1-2H3,(H,20,25). The zero-order valence-corrected chi connectivity index (χ0v) is 14.8. The molecule has 0 saturated carbocycles. The normalized spacial score (nSPS) is 13.9. The lowest BCUT2D eigenvalue weighted by Gasteiger charge is -2.19. The molecule has 0 bridgehead atoms. The summed E-state index contributed by atoms with van der Waals surface area (Å²) in [6.07, 6.45) is 3.25. The molecular formula is C19H24N4O2. The van der Waals surface area contributed by atoms with Crippen LogP contribution in [0.2, 0.25) is 0 Å². The summed E-state index contributed by atoms with van der Waals surface area (Å²) in [6, 6.07) is 8.94. The minimum absolute atomic E-state index is 0.190. The maximum Gasteiger partial charge on any atom is 0.276 e. The van der Waals surface area contributed by atoms with Crippen LogP contribution in [0.5, 0.6) is 0 Å². The number of carbonyl (C=O) groups is 1. The Morgan fingerprint density at radius 3 is 2.64 bits per heavy atom. The highest BCUT2D eigenvalue weighted by Crippen LogP contribution is 2.25. The molecule has 1 saturated heterocycles. The van der Waals surface area contributed by atoms with Gasteiger partial charge in [0.05, 0.1) is 0 Å². The van der Waals surface area contributed by atoms with Crippen LogP contribution in [0.15, 0.2) is 35.1 Å². The third-order valence-corrected chi connectivity index (χ3v) is 4.46. The van der Waals surface area contributed by atoms with E-state index < -0.39 is 0 Å². The van der Waals surface area contributed by atoms with Gasteiger partial charge in [-0.15, -0.1) is 0 Å². The molecule has 0 unspecified atom stereocenters. The van der Waals surface area contributed by atoms with Gasteiger partial charge in [-0.3, -0.25) is 9.59 Å². The Bertz CT molecular complexity index is 822. The molecule has 3 rings (SSSR count). The van der Waals surface area contributed by atoms with Gasteiger partial charge >= 0.3 is 0 Å². The van der Waals surface area contributed by atoms with Crippen molar-refractivity contribution in [3.8, 4) is 0 Å². The molecule has 1 amide bonds. The summed E-state index contributed by atoms with van der Waals surface area (Å²) in [5.41, 5.74) is 3.03. The van der Waals surface area contributed by atoms with Gasteiger partial charge in [0, 0.05) is 37.1 Å². The largest absolute Gasteiger partial charge is 0.372 e. The van der Waals surface area contributed by atoms with Crippen LogP contribution in [0.1, 0.15) is 42.2 Å². The number of anilines is 2. The molecule has 2 heterocycles. The molecule has 0 spiro atoms. The van der Waals surface area contributed by atoms with Crippen LogP contribution in [-0.2, 0) is 6.54 Å². The van der Waals surface area contributed by atoms with Crippen molar-refractivity contribution >= 4 is 17.3 Å². The van der Waals surface area contributed by atoms with Crippen LogP contribution in [0.4, 0.5) is 11.4 Å². The number of hydrogen-bond donors (Lipinski definition) is 1. The highest BCUT2D eigenvalue weighted by molar-refractivity contribution is 6.03. The molecule has 1 aliphatic heterocycles. The molecule has 25 heavy (non-hydrogen) atoms. The lowest BCUT2D eigenvalue weighted by atomic mass is 10.1. The third kappa shape index (κ3) is 3.90. The average molecular weight is 340 g/mol. The lowest BCUT2D eigenvalue weighted by Crippen LogP contribution is -2.26. The molecule has 1 aliphatic rings. The van der Waals surface area contributed by atoms with E-state index in [1.807, 2.05) is 26.0 Å². The predicted molar refractivity (Wildman–Crippen MR) is 99.4 cm³/mol. The van der Waals surface area contributed by atoms with E-state index in [0.29, 0.717) is 6.54 Å². The summed E-state index contributed by atoms with van der Waals surface area (Å²) in [5.74, 6) is -0.304. The van der Waals surface area contributed by atoms with Gasteiger partial charge in [0.1, 0.15) is 5.69 Å². The molecule has 6 nitrogen and oxygen atoms in total. The molecule has 6 heteroatoms. The fourth-order valence-corrected chi connectivity index (χ4v) is 3.09. The molecule has 1 aromatic carbocycles. The second kappa shape index (κ2) is 7.51. The molecule has 1 fully saturated rings. The van der Waals surface area contributed by atoms with E-state index in [4.69, 9.17) is 0 Å². The lowest BCUT2D eigenvalue weighted by molar-refractivity contribution is 0.101. The van der Waals surface area contributed by atoms with Crippen LogP contribution in [0.25, 0.3) is 0 Å². The van der Waals surface area contributed by atoms with Crippen LogP contribution in [0.3, 0.4) is 0 Å². The summed E-state index contributed by atoms with van der Waals surface area (Å²) in [4.78, 5) is 26.6. The number of nitrogens with one attached hydrogen (secondary N) is 1. The van der Waals surface area contributed by atoms with E-state index >= 15 is 0 Å². The third-order valence-electron chi connectivity index (χ3n) is 4.46. The molecule has 132 valence electrons. The maximum atomic E-state index is 12.5. The number of nitrogens with zero attached hydrogens (tertiary/aromatic N) is 3. The summed E-state index contributed by atoms with van der Waals surface area (Å²) >= 11 is 0. The first-order valence-corrected chi connectivity index (χ1v) is 8.83. The number of carbonyl (C=O) groups excluding carboxylic acids is 1. The first-order valence-electron chi connectivity index (χ1n) is 8.83. The fraction of sp³-hybridized carbons (Fsp3) is 0.421. The van der Waals surface area contributed by atoms with Crippen molar-refractivity contribution in [3.63, 3.8) is 0 Å². The molecule has 1 N–H and O–H groups in total. The number of rotatable bonds is 5. The van der Waals surface area contributed by atoms with Crippen molar-refractivity contribution < 1.29 is 4.79 Å². The van der Waals surface area contributed by atoms with Gasteiger partial charge < -0.3 is 10.2 Å². The van der Waals surface area contributed by atoms with E-state index in [1.165, 1.54) is 35.3 Å². The zero-order chi connectivity index (χ0) is 17.8. The molecule has 0 aliphatic carbocycles. The van der Waals surface area contributed by atoms with Gasteiger partial charge in [0.15, 0.2) is 0 Å². The van der Waals surface area contributed by atoms with Gasteiger partial charge in [0.2, 0.25) is 0 Å². The van der Waals surface area contributed by atoms with Gasteiger partial charge in [-0.1, -0.05) is 6.92 Å². The summed E-state index contributed by atoms with van der Waals surface area (Å²) < 4.78 is 1.33. The van der Waals surface area contributed by atoms with E-state index in [0.717, 1.165) is 30.8 Å². The summed E-state index contributed by atoms with van der Waals surface area (Å²) in [5, 5.41) is 7.05. The molecule has 2 aromatic rings. The summed E-state index contributed by atoms with van der Waals surface area (Å²) in [7, 11) is 0. The maximum absolute atomic E-state index is 12.5. The number of hydrogen-bond acceptors (Lipinski definition) is 4. The Labute approximate surface area is 147 Å². The minimum Gasteiger partial charge on any atom is -0.372 e. The molecule has 0 atom stereocenters. The average Bonchev–Trinajstić information content (AvgIpc) is 3.13. The fourth-order valence-electron chi connectivity index (χ4n) is 3.09. The van der Waals surface area contributed by atoms with Gasteiger partial charge in [0.25, 0.3) is 11.5 Å². The highest BCUT2D eigenvalue weighted by atomic mass is 16.2. The number of benzene rings is 1. The van der Waals surface area contributed by atoms with Gasteiger partial charge in [-0.25, -0.2) is 4.68 Å². The smallest absolute Gasteiger partial charge is 0.276 e. The second-order valence-electron chi connectivity index (χ2n) is 6.43. The minimum atomic E-state index is -0.304. The SMILES string of the molecule is CCCn1nc(C(=O)Nc2ccc(N3CCCC3)cc2C)ccc1=O. The predicted octanol–water partition coefficient (Wildman–Crippen LogP) is 2.81. The van der Waals surface area contributed by atoms with Crippen molar-refractivity contribution in [2.75, 3.05) is 23.3 Å². The van der Waals surface area contributed by atoms with E-state index in [2.05, 4.69) is 21.4 Å². The van der Waals surface area contributed by atoms with Crippen LogP contribution < -0.4 is 15.8 Å². The van der Waals surface area contributed by atoms with Crippen LogP contribution >= 0.6 is 0 Å². The second-order valence-corrected chi connectivity index (χ2v) is 6.43. The Morgan fingerprint density at radius 2 is 1.96 bits per heavy atom.